The van der Waals surface area contributed by atoms with E-state index in [9.17, 15) is 4.79 Å². The molecule has 0 radical (unpaired) electrons. The van der Waals surface area contributed by atoms with Gasteiger partial charge in [0, 0.05) is 0 Å². The van der Waals surface area contributed by atoms with Crippen LogP contribution in [0.2, 0.25) is 0 Å². The highest BCUT2D eigenvalue weighted by atomic mass is 16.4. The van der Waals surface area contributed by atoms with E-state index in [2.05, 4.69) is 0 Å². The molecule has 0 aromatic carbocycles. The predicted octanol–water partition coefficient (Wildman–Crippen LogP) is -3.38. The lowest BCUT2D eigenvalue weighted by molar-refractivity contribution is -0.136. The number of aliphatic hydroxyl groups is 5. The van der Waals surface area contributed by atoms with Gasteiger partial charge in [0.1, 0.15) is 24.4 Å². The smallest absolute Gasteiger partial charge is 0.151 e. The minimum atomic E-state index is -1.79. The molecule has 0 amide bonds. The summed E-state index contributed by atoms with van der Waals surface area (Å²) in [6.07, 6.45) is -6.84. The molecule has 6 nitrogen and oxygen atoms in total. The Bertz CT molecular complexity index is 138. The maximum atomic E-state index is 9.90. The summed E-state index contributed by atoms with van der Waals surface area (Å²) in [5, 5.41) is 43.5. The number of hydrogen-bond donors (Lipinski definition) is 5. The van der Waals surface area contributed by atoms with Crippen molar-refractivity contribution in [3.8, 4) is 0 Å². The first-order valence-electron chi connectivity index (χ1n) is 3.33. The van der Waals surface area contributed by atoms with Crippen molar-refractivity contribution < 1.29 is 30.3 Å². The lowest BCUT2D eigenvalue weighted by Gasteiger charge is -2.22. The van der Waals surface area contributed by atoms with Crippen LogP contribution in [0.1, 0.15) is 0 Å². The standard InChI is InChI=1S/C6H12O6/c7-1-3(9)5(11)6(12)4(10)2-8/h1,3-6,8-12H,2H2/t3-,4-,5-,6-/m1/s1/i2+1. The number of rotatable bonds is 5. The van der Waals surface area contributed by atoms with E-state index >= 15 is 0 Å². The van der Waals surface area contributed by atoms with E-state index in [-0.39, 0.29) is 6.29 Å². The Morgan fingerprint density at radius 3 is 1.92 bits per heavy atom. The van der Waals surface area contributed by atoms with Gasteiger partial charge in [-0.05, 0) is 0 Å². The first-order chi connectivity index (χ1) is 5.54. The summed E-state index contributed by atoms with van der Waals surface area (Å²) in [7, 11) is 0. The molecule has 0 aromatic rings. The molecule has 0 saturated heterocycles. The van der Waals surface area contributed by atoms with Crippen LogP contribution in [0.3, 0.4) is 0 Å². The first-order valence-corrected chi connectivity index (χ1v) is 3.33. The van der Waals surface area contributed by atoms with E-state index < -0.39 is 31.0 Å². The Balaban J connectivity index is 4.07. The molecule has 4 atom stereocenters. The topological polar surface area (TPSA) is 118 Å². The summed E-state index contributed by atoms with van der Waals surface area (Å²) in [6, 6.07) is 0. The number of hydrogen-bond acceptors (Lipinski definition) is 6. The molecule has 6 heteroatoms. The minimum absolute atomic E-state index is 0.0258. The Morgan fingerprint density at radius 1 is 1.08 bits per heavy atom. The summed E-state index contributed by atoms with van der Waals surface area (Å²) < 4.78 is 0. The van der Waals surface area contributed by atoms with Crippen molar-refractivity contribution in [2.24, 2.45) is 0 Å². The zero-order chi connectivity index (χ0) is 9.72. The van der Waals surface area contributed by atoms with Crippen LogP contribution in [0.25, 0.3) is 0 Å². The van der Waals surface area contributed by atoms with Crippen LogP contribution in [0, 0.1) is 0 Å². The fourth-order valence-electron chi connectivity index (χ4n) is 0.618. The van der Waals surface area contributed by atoms with Crippen molar-refractivity contribution in [2.75, 3.05) is 6.61 Å². The van der Waals surface area contributed by atoms with Crippen molar-refractivity contribution in [1.29, 1.82) is 0 Å². The fraction of sp³-hybridized carbons (Fsp3) is 0.833. The highest BCUT2D eigenvalue weighted by molar-refractivity contribution is 5.56. The average Bonchev–Trinajstić information content (AvgIpc) is 2.12. The van der Waals surface area contributed by atoms with E-state index in [4.69, 9.17) is 25.5 Å². The summed E-state index contributed by atoms with van der Waals surface area (Å²) >= 11 is 0. The molecule has 0 heterocycles. The van der Waals surface area contributed by atoms with Gasteiger partial charge < -0.3 is 30.3 Å². The van der Waals surface area contributed by atoms with Crippen molar-refractivity contribution in [3.05, 3.63) is 0 Å². The van der Waals surface area contributed by atoms with Crippen molar-refractivity contribution in [2.45, 2.75) is 24.4 Å². The lowest BCUT2D eigenvalue weighted by atomic mass is 10.1. The molecule has 0 bridgehead atoms. The maximum Gasteiger partial charge on any atom is 0.151 e. The second-order valence-electron chi connectivity index (χ2n) is 2.36. The molecule has 12 heavy (non-hydrogen) atoms. The third-order valence-corrected chi connectivity index (χ3v) is 1.42. The molecule has 0 saturated carbocycles. The molecule has 0 unspecified atom stereocenters. The molecule has 72 valence electrons. The summed E-state index contributed by atoms with van der Waals surface area (Å²) in [5.41, 5.74) is 0. The van der Waals surface area contributed by atoms with E-state index in [1.54, 1.807) is 0 Å². The van der Waals surface area contributed by atoms with Gasteiger partial charge in [0.15, 0.2) is 6.29 Å². The second-order valence-corrected chi connectivity index (χ2v) is 2.36. The first kappa shape index (κ1) is 11.5. The number of aldehydes is 1. The molecule has 0 aliphatic carbocycles. The second kappa shape index (κ2) is 5.18. The molecule has 0 spiro atoms. The van der Waals surface area contributed by atoms with Gasteiger partial charge in [0.25, 0.3) is 0 Å². The average molecular weight is 181 g/mol. The zero-order valence-electron chi connectivity index (χ0n) is 6.24. The SMILES string of the molecule is O=C[C@@H](O)[C@@H](O)[C@H](O)[C@H](O)[13CH2]O. The van der Waals surface area contributed by atoms with Crippen molar-refractivity contribution in [3.63, 3.8) is 0 Å². The third-order valence-electron chi connectivity index (χ3n) is 1.42. The quantitative estimate of drug-likeness (QED) is 0.223. The Hall–Kier alpha value is -0.530. The number of carbonyl (C=O) groups is 1. The summed E-state index contributed by atoms with van der Waals surface area (Å²) in [4.78, 5) is 9.90. The van der Waals surface area contributed by atoms with Gasteiger partial charge in [-0.3, -0.25) is 0 Å². The molecule has 0 fully saturated rings. The Labute approximate surface area is 68.7 Å². The van der Waals surface area contributed by atoms with Crippen LogP contribution in [-0.2, 0) is 4.79 Å². The van der Waals surface area contributed by atoms with Crippen LogP contribution in [0.5, 0.6) is 0 Å². The van der Waals surface area contributed by atoms with E-state index in [0.717, 1.165) is 0 Å². The fourth-order valence-corrected chi connectivity index (χ4v) is 0.618. The number of carbonyl (C=O) groups excluding carboxylic acids is 1. The van der Waals surface area contributed by atoms with Gasteiger partial charge in [-0.2, -0.15) is 0 Å². The van der Waals surface area contributed by atoms with E-state index in [1.165, 1.54) is 0 Å². The molecule has 0 aliphatic rings. The Morgan fingerprint density at radius 2 is 1.58 bits per heavy atom. The van der Waals surface area contributed by atoms with Gasteiger partial charge in [0.2, 0.25) is 0 Å². The Kier molecular flexibility index (Phi) is 4.95. The highest BCUT2D eigenvalue weighted by Gasteiger charge is 2.29. The highest BCUT2D eigenvalue weighted by Crippen LogP contribution is 2.02. The van der Waals surface area contributed by atoms with Crippen LogP contribution in [0.4, 0.5) is 0 Å². The largest absolute Gasteiger partial charge is 0.394 e. The van der Waals surface area contributed by atoms with Crippen LogP contribution >= 0.6 is 0 Å². The van der Waals surface area contributed by atoms with Gasteiger partial charge in [-0.15, -0.1) is 0 Å². The third kappa shape index (κ3) is 2.84. The molecule has 5 N–H and O–H groups in total. The lowest BCUT2D eigenvalue weighted by Crippen LogP contribution is -2.46. The van der Waals surface area contributed by atoms with Crippen molar-refractivity contribution in [1.82, 2.24) is 0 Å². The summed E-state index contributed by atoms with van der Waals surface area (Å²) in [6.45, 7) is -0.760. The van der Waals surface area contributed by atoms with Gasteiger partial charge in [-0.25, -0.2) is 0 Å². The maximum absolute atomic E-state index is 9.90. The van der Waals surface area contributed by atoms with E-state index in [0.29, 0.717) is 0 Å². The zero-order valence-corrected chi connectivity index (χ0v) is 6.24. The van der Waals surface area contributed by atoms with Crippen LogP contribution in [-0.4, -0.2) is 62.8 Å². The molecular formula is C6H12O6. The molecule has 0 aliphatic heterocycles. The predicted molar refractivity (Wildman–Crippen MR) is 37.2 cm³/mol. The van der Waals surface area contributed by atoms with Crippen LogP contribution in [0.15, 0.2) is 0 Å². The van der Waals surface area contributed by atoms with Crippen LogP contribution < -0.4 is 0 Å². The van der Waals surface area contributed by atoms with Gasteiger partial charge in [0.05, 0.1) is 6.61 Å². The molecular weight excluding hydrogens is 169 g/mol. The van der Waals surface area contributed by atoms with Gasteiger partial charge >= 0.3 is 0 Å². The molecule has 0 aromatic heterocycles. The monoisotopic (exact) mass is 181 g/mol. The number of aliphatic hydroxyl groups excluding tert-OH is 5. The summed E-state index contributed by atoms with van der Waals surface area (Å²) in [5.74, 6) is 0. The van der Waals surface area contributed by atoms with E-state index in [1.807, 2.05) is 0 Å². The van der Waals surface area contributed by atoms with Gasteiger partial charge in [-0.1, -0.05) is 0 Å². The van der Waals surface area contributed by atoms with Crippen molar-refractivity contribution >= 4 is 6.29 Å². The minimum Gasteiger partial charge on any atom is -0.394 e. The molecule has 0 rings (SSSR count). The normalized spacial score (nSPS) is 21.1.